The first-order valence-corrected chi connectivity index (χ1v) is 6.26. The van der Waals surface area contributed by atoms with Crippen LogP contribution in [0.25, 0.3) is 10.9 Å². The highest BCUT2D eigenvalue weighted by atomic mass is 15.3. The molecule has 0 unspecified atom stereocenters. The minimum Gasteiger partial charge on any atom is -0.367 e. The average molecular weight is 243 g/mol. The summed E-state index contributed by atoms with van der Waals surface area (Å²) in [5, 5.41) is 4.52. The smallest absolute Gasteiger partial charge is 0.239 e. The fourth-order valence-electron chi connectivity index (χ4n) is 2.46. The second-order valence-electron chi connectivity index (χ2n) is 4.98. The summed E-state index contributed by atoms with van der Waals surface area (Å²) in [6, 6.07) is 8.47. The predicted molar refractivity (Wildman–Crippen MR) is 73.2 cm³/mol. The molecule has 4 N–H and O–H groups in total. The molecule has 1 heterocycles. The normalized spacial score (nSPS) is 22.6. The monoisotopic (exact) mass is 243 g/mol. The van der Waals surface area contributed by atoms with Gasteiger partial charge in [0, 0.05) is 11.4 Å². The lowest BCUT2D eigenvalue weighted by molar-refractivity contribution is 0.309. The van der Waals surface area contributed by atoms with Crippen molar-refractivity contribution in [3.8, 4) is 0 Å². The molecule has 1 aliphatic rings. The van der Waals surface area contributed by atoms with E-state index < -0.39 is 0 Å². The Morgan fingerprint density at radius 3 is 2.72 bits per heavy atom. The number of fused-ring (bicyclic) bond motifs is 1. The van der Waals surface area contributed by atoms with Gasteiger partial charge >= 0.3 is 0 Å². The molecule has 0 amide bonds. The maximum absolute atomic E-state index is 5.41. The number of para-hydroxylation sites is 1. The van der Waals surface area contributed by atoms with Gasteiger partial charge in [0.05, 0.1) is 5.52 Å². The summed E-state index contributed by atoms with van der Waals surface area (Å²) >= 11 is 0. The van der Waals surface area contributed by atoms with Crippen LogP contribution in [0.1, 0.15) is 19.8 Å². The fraction of sp³-hybridized carbons (Fsp3) is 0.385. The molecular weight excluding hydrogens is 226 g/mol. The molecule has 1 aromatic carbocycles. The number of nitrogens with zero attached hydrogens (tertiary/aromatic N) is 2. The van der Waals surface area contributed by atoms with Crippen molar-refractivity contribution in [1.82, 2.24) is 9.97 Å². The maximum atomic E-state index is 5.41. The van der Waals surface area contributed by atoms with E-state index >= 15 is 0 Å². The number of hydrazine groups is 1. The van der Waals surface area contributed by atoms with Gasteiger partial charge in [-0.3, -0.25) is 5.43 Å². The zero-order valence-electron chi connectivity index (χ0n) is 10.4. The number of rotatable bonds is 3. The van der Waals surface area contributed by atoms with Crippen LogP contribution < -0.4 is 16.6 Å². The van der Waals surface area contributed by atoms with E-state index in [1.54, 1.807) is 0 Å². The van der Waals surface area contributed by atoms with Crippen molar-refractivity contribution in [3.05, 3.63) is 24.3 Å². The van der Waals surface area contributed by atoms with Crippen molar-refractivity contribution < 1.29 is 0 Å². The molecule has 0 aliphatic heterocycles. The molecule has 0 bridgehead atoms. The van der Waals surface area contributed by atoms with E-state index in [-0.39, 0.29) is 0 Å². The number of nitrogens with two attached hydrogens (primary N) is 1. The Labute approximate surface area is 106 Å². The largest absolute Gasteiger partial charge is 0.367 e. The van der Waals surface area contributed by atoms with Crippen molar-refractivity contribution in [2.75, 3.05) is 10.7 Å². The average Bonchev–Trinajstić information content (AvgIpc) is 2.36. The standard InChI is InChI=1S/C13H17N5/c1-8-6-9(7-8)15-12-10-4-2-3-5-11(10)16-13(17-12)18-14/h2-5,8-9H,6-7,14H2,1H3,(H2,15,16,17,18). The van der Waals surface area contributed by atoms with Gasteiger partial charge in [0.2, 0.25) is 5.95 Å². The number of nitrogen functional groups attached to an aromatic ring is 1. The second kappa shape index (κ2) is 4.42. The van der Waals surface area contributed by atoms with Crippen LogP contribution in [-0.4, -0.2) is 16.0 Å². The van der Waals surface area contributed by atoms with E-state index in [1.807, 2.05) is 24.3 Å². The topological polar surface area (TPSA) is 75.9 Å². The minimum atomic E-state index is 0.448. The number of anilines is 2. The summed E-state index contributed by atoms with van der Waals surface area (Å²) in [7, 11) is 0. The third-order valence-electron chi connectivity index (χ3n) is 3.45. The summed E-state index contributed by atoms with van der Waals surface area (Å²) in [5.74, 6) is 7.53. The van der Waals surface area contributed by atoms with Gasteiger partial charge < -0.3 is 5.32 Å². The predicted octanol–water partition coefficient (Wildman–Crippen LogP) is 2.13. The lowest BCUT2D eigenvalue weighted by Crippen LogP contribution is -2.34. The molecule has 18 heavy (non-hydrogen) atoms. The highest BCUT2D eigenvalue weighted by Gasteiger charge is 2.26. The van der Waals surface area contributed by atoms with Crippen LogP contribution in [0.15, 0.2) is 24.3 Å². The van der Waals surface area contributed by atoms with Crippen LogP contribution in [0.3, 0.4) is 0 Å². The Morgan fingerprint density at radius 1 is 1.22 bits per heavy atom. The van der Waals surface area contributed by atoms with Crippen molar-refractivity contribution in [1.29, 1.82) is 0 Å². The van der Waals surface area contributed by atoms with Gasteiger partial charge in [-0.1, -0.05) is 19.1 Å². The van der Waals surface area contributed by atoms with Crippen LogP contribution >= 0.6 is 0 Å². The van der Waals surface area contributed by atoms with Crippen molar-refractivity contribution in [2.45, 2.75) is 25.8 Å². The van der Waals surface area contributed by atoms with Crippen molar-refractivity contribution in [3.63, 3.8) is 0 Å². The highest BCUT2D eigenvalue weighted by molar-refractivity contribution is 5.90. The van der Waals surface area contributed by atoms with Gasteiger partial charge in [-0.15, -0.1) is 0 Å². The minimum absolute atomic E-state index is 0.448. The molecule has 5 nitrogen and oxygen atoms in total. The first kappa shape index (κ1) is 11.2. The van der Waals surface area contributed by atoms with Crippen LogP contribution in [0.4, 0.5) is 11.8 Å². The molecule has 0 saturated heterocycles. The summed E-state index contributed by atoms with van der Waals surface area (Å²) < 4.78 is 0. The van der Waals surface area contributed by atoms with Crippen LogP contribution in [0, 0.1) is 5.92 Å². The van der Waals surface area contributed by atoms with Gasteiger partial charge in [0.15, 0.2) is 0 Å². The van der Waals surface area contributed by atoms with Gasteiger partial charge in [0.1, 0.15) is 5.82 Å². The summed E-state index contributed by atoms with van der Waals surface area (Å²) in [4.78, 5) is 8.74. The first-order valence-electron chi connectivity index (χ1n) is 6.26. The zero-order valence-corrected chi connectivity index (χ0v) is 10.4. The van der Waals surface area contributed by atoms with Gasteiger partial charge in [-0.25, -0.2) is 10.8 Å². The van der Waals surface area contributed by atoms with Crippen molar-refractivity contribution >= 4 is 22.7 Å². The van der Waals surface area contributed by atoms with E-state index in [1.165, 1.54) is 12.8 Å². The van der Waals surface area contributed by atoms with E-state index in [2.05, 4.69) is 27.6 Å². The number of aromatic nitrogens is 2. The summed E-state index contributed by atoms with van der Waals surface area (Å²) in [6.45, 7) is 2.27. The third kappa shape index (κ3) is 1.97. The lowest BCUT2D eigenvalue weighted by Gasteiger charge is -2.33. The molecule has 1 aromatic heterocycles. The Balaban J connectivity index is 1.97. The van der Waals surface area contributed by atoms with Crippen LogP contribution in [0.5, 0.6) is 0 Å². The van der Waals surface area contributed by atoms with Gasteiger partial charge in [-0.05, 0) is 30.9 Å². The fourth-order valence-corrected chi connectivity index (χ4v) is 2.46. The number of hydrogen-bond acceptors (Lipinski definition) is 5. The van der Waals surface area contributed by atoms with Crippen LogP contribution in [0.2, 0.25) is 0 Å². The lowest BCUT2D eigenvalue weighted by atomic mass is 9.82. The van der Waals surface area contributed by atoms with E-state index in [4.69, 9.17) is 5.84 Å². The van der Waals surface area contributed by atoms with Gasteiger partial charge in [0.25, 0.3) is 0 Å². The van der Waals surface area contributed by atoms with E-state index in [0.717, 1.165) is 22.6 Å². The third-order valence-corrected chi connectivity index (χ3v) is 3.45. The molecule has 2 aromatic rings. The maximum Gasteiger partial charge on any atom is 0.239 e. The molecule has 3 rings (SSSR count). The van der Waals surface area contributed by atoms with Gasteiger partial charge in [-0.2, -0.15) is 4.98 Å². The molecule has 0 spiro atoms. The highest BCUT2D eigenvalue weighted by Crippen LogP contribution is 2.31. The Bertz CT molecular complexity index is 562. The molecule has 5 heteroatoms. The van der Waals surface area contributed by atoms with Crippen LogP contribution in [-0.2, 0) is 0 Å². The molecular formula is C13H17N5. The number of benzene rings is 1. The molecule has 1 aliphatic carbocycles. The Hall–Kier alpha value is -1.88. The summed E-state index contributed by atoms with van der Waals surface area (Å²) in [6.07, 6.45) is 2.40. The molecule has 1 saturated carbocycles. The number of nitrogens with one attached hydrogen (secondary N) is 2. The molecule has 0 radical (unpaired) electrons. The second-order valence-corrected chi connectivity index (χ2v) is 4.98. The molecule has 94 valence electrons. The van der Waals surface area contributed by atoms with Crippen molar-refractivity contribution in [2.24, 2.45) is 11.8 Å². The Kier molecular flexibility index (Phi) is 2.76. The first-order chi connectivity index (χ1) is 8.76. The zero-order chi connectivity index (χ0) is 12.5. The van der Waals surface area contributed by atoms with E-state index in [9.17, 15) is 0 Å². The molecule has 1 fully saturated rings. The Morgan fingerprint density at radius 2 is 2.00 bits per heavy atom. The SMILES string of the molecule is CC1CC(Nc2nc(NN)nc3ccccc23)C1. The molecule has 0 atom stereocenters. The summed E-state index contributed by atoms with van der Waals surface area (Å²) in [5.41, 5.74) is 3.41. The quantitative estimate of drug-likeness (QED) is 0.568. The van der Waals surface area contributed by atoms with E-state index in [0.29, 0.717) is 12.0 Å². The number of hydrogen-bond donors (Lipinski definition) is 3.